The smallest absolute Gasteiger partial charge is 0.156 e. The van der Waals surface area contributed by atoms with E-state index in [9.17, 15) is 9.59 Å². The largest absolute Gasteiger partial charge is 0.303 e. The van der Waals surface area contributed by atoms with Crippen molar-refractivity contribution in [2.75, 3.05) is 0 Å². The van der Waals surface area contributed by atoms with E-state index in [1.807, 2.05) is 13.0 Å². The lowest BCUT2D eigenvalue weighted by molar-refractivity contribution is -0.116. The van der Waals surface area contributed by atoms with Gasteiger partial charge in [0, 0.05) is 18.8 Å². The normalized spacial score (nSPS) is 39.5. The zero-order valence-electron chi connectivity index (χ0n) is 15.3. The first kappa shape index (κ1) is 17.4. The minimum atomic E-state index is 0.241. The first-order valence-electron chi connectivity index (χ1n) is 9.58. The molecule has 0 aliphatic heterocycles. The summed E-state index contributed by atoms with van der Waals surface area (Å²) in [6, 6.07) is 0. The molecule has 5 atom stereocenters. The minimum Gasteiger partial charge on any atom is -0.303 e. The molecule has 0 bridgehead atoms. The molecule has 0 aromatic carbocycles. The van der Waals surface area contributed by atoms with Gasteiger partial charge in [-0.15, -0.1) is 0 Å². The van der Waals surface area contributed by atoms with Gasteiger partial charge in [0.25, 0.3) is 0 Å². The average Bonchev–Trinajstić information content (AvgIpc) is 2.97. The summed E-state index contributed by atoms with van der Waals surface area (Å²) in [6.45, 7) is 6.63. The lowest BCUT2D eigenvalue weighted by Crippen LogP contribution is -2.43. The van der Waals surface area contributed by atoms with Crippen molar-refractivity contribution in [3.8, 4) is 0 Å². The predicted octanol–water partition coefficient (Wildman–Crippen LogP) is 5.06. The molecule has 5 unspecified atom stereocenters. The molecule has 0 spiro atoms. The van der Waals surface area contributed by atoms with E-state index in [-0.39, 0.29) is 5.41 Å². The van der Waals surface area contributed by atoms with Crippen LogP contribution in [-0.2, 0) is 9.59 Å². The zero-order valence-corrected chi connectivity index (χ0v) is 15.3. The monoisotopic (exact) mass is 326 g/mol. The number of ketones is 1. The first-order valence-corrected chi connectivity index (χ1v) is 9.58. The molecule has 0 radical (unpaired) electrons. The second kappa shape index (κ2) is 6.82. The molecule has 2 heteroatoms. The highest BCUT2D eigenvalue weighted by atomic mass is 16.1. The highest BCUT2D eigenvalue weighted by Crippen LogP contribution is 2.58. The van der Waals surface area contributed by atoms with Gasteiger partial charge in [-0.3, -0.25) is 4.79 Å². The molecular weight excluding hydrogens is 296 g/mol. The van der Waals surface area contributed by atoms with Crippen LogP contribution >= 0.6 is 0 Å². The molecular formula is C22H30O2. The van der Waals surface area contributed by atoms with E-state index in [1.165, 1.54) is 24.8 Å². The Labute approximate surface area is 146 Å². The highest BCUT2D eigenvalue weighted by Gasteiger charge is 2.49. The van der Waals surface area contributed by atoms with E-state index in [1.54, 1.807) is 5.57 Å². The van der Waals surface area contributed by atoms with Crippen LogP contribution in [0.4, 0.5) is 0 Å². The number of hydrogen-bond acceptors (Lipinski definition) is 2. The van der Waals surface area contributed by atoms with Gasteiger partial charge in [0.15, 0.2) is 5.78 Å². The third kappa shape index (κ3) is 2.85. The summed E-state index contributed by atoms with van der Waals surface area (Å²) < 4.78 is 0. The molecule has 4 aliphatic carbocycles. The van der Waals surface area contributed by atoms with Gasteiger partial charge < -0.3 is 4.79 Å². The second-order valence-electron chi connectivity index (χ2n) is 8.15. The molecule has 2 nitrogen and oxygen atoms in total. The number of rotatable bonds is 1. The fourth-order valence-electron chi connectivity index (χ4n) is 5.31. The average molecular weight is 326 g/mol. The van der Waals surface area contributed by atoms with Crippen LogP contribution < -0.4 is 0 Å². The Kier molecular flexibility index (Phi) is 4.94. The molecule has 130 valence electrons. The molecule has 0 heterocycles. The van der Waals surface area contributed by atoms with Crippen LogP contribution in [0, 0.1) is 29.1 Å². The fourth-order valence-corrected chi connectivity index (χ4v) is 5.31. The minimum absolute atomic E-state index is 0.241. The van der Waals surface area contributed by atoms with E-state index in [4.69, 9.17) is 0 Å². The van der Waals surface area contributed by atoms with Gasteiger partial charge in [-0.05, 0) is 60.5 Å². The molecule has 0 aromatic rings. The van der Waals surface area contributed by atoms with Crippen LogP contribution in [0.1, 0.15) is 59.3 Å². The Bertz CT molecular complexity index is 609. The maximum absolute atomic E-state index is 11.7. The summed E-state index contributed by atoms with van der Waals surface area (Å²) in [4.78, 5) is 20.9. The maximum Gasteiger partial charge on any atom is 0.156 e. The standard InChI is InChI=1S/C19H24O.C3H6O/c1-12-3-5-16-15(12)7-8-18-17(16)6-4-13-11-14(20)9-10-19(13,18)2;1-2-3-4/h4-6,11-12,15,17-18H,3,7-10H2,1-2H3;3H,2H2,1H3. The van der Waals surface area contributed by atoms with Gasteiger partial charge in [-0.25, -0.2) is 0 Å². The van der Waals surface area contributed by atoms with Crippen LogP contribution in [0.15, 0.2) is 35.5 Å². The van der Waals surface area contributed by atoms with Crippen LogP contribution in [0.5, 0.6) is 0 Å². The Morgan fingerprint density at radius 1 is 1.33 bits per heavy atom. The molecule has 0 N–H and O–H groups in total. The maximum atomic E-state index is 11.7. The van der Waals surface area contributed by atoms with Crippen molar-refractivity contribution in [3.63, 3.8) is 0 Å². The van der Waals surface area contributed by atoms with Gasteiger partial charge in [0.1, 0.15) is 6.29 Å². The van der Waals surface area contributed by atoms with Crippen LogP contribution in [0.25, 0.3) is 0 Å². The van der Waals surface area contributed by atoms with Crippen molar-refractivity contribution in [3.05, 3.63) is 35.5 Å². The van der Waals surface area contributed by atoms with E-state index in [0.29, 0.717) is 18.1 Å². The number of hydrogen-bond donors (Lipinski definition) is 0. The number of fused-ring (bicyclic) bond motifs is 5. The summed E-state index contributed by atoms with van der Waals surface area (Å²) in [5, 5.41) is 0. The van der Waals surface area contributed by atoms with Crippen LogP contribution in [0.3, 0.4) is 0 Å². The van der Waals surface area contributed by atoms with Crippen LogP contribution in [0.2, 0.25) is 0 Å². The topological polar surface area (TPSA) is 34.1 Å². The second-order valence-corrected chi connectivity index (χ2v) is 8.15. The van der Waals surface area contributed by atoms with Crippen molar-refractivity contribution in [1.29, 1.82) is 0 Å². The Hall–Kier alpha value is -1.44. The quantitative estimate of drug-likeness (QED) is 0.499. The lowest BCUT2D eigenvalue weighted by atomic mass is 9.53. The van der Waals surface area contributed by atoms with Gasteiger partial charge in [-0.1, -0.05) is 44.6 Å². The molecule has 24 heavy (non-hydrogen) atoms. The predicted molar refractivity (Wildman–Crippen MR) is 97.5 cm³/mol. The van der Waals surface area contributed by atoms with Gasteiger partial charge in [0.05, 0.1) is 0 Å². The molecule has 1 saturated carbocycles. The summed E-state index contributed by atoms with van der Waals surface area (Å²) in [5.74, 6) is 3.37. The van der Waals surface area contributed by atoms with Crippen molar-refractivity contribution in [2.45, 2.75) is 59.3 Å². The number of carbonyl (C=O) groups excluding carboxylic acids is 2. The van der Waals surface area contributed by atoms with Gasteiger partial charge in [0.2, 0.25) is 0 Å². The zero-order chi connectivity index (χ0) is 17.3. The van der Waals surface area contributed by atoms with Crippen molar-refractivity contribution in [1.82, 2.24) is 0 Å². The Balaban J connectivity index is 0.000000383. The third-order valence-corrected chi connectivity index (χ3v) is 6.78. The number of aldehydes is 1. The van der Waals surface area contributed by atoms with E-state index < -0.39 is 0 Å². The van der Waals surface area contributed by atoms with Gasteiger partial charge >= 0.3 is 0 Å². The molecule has 4 rings (SSSR count). The van der Waals surface area contributed by atoms with Crippen LogP contribution in [-0.4, -0.2) is 12.1 Å². The molecule has 0 saturated heterocycles. The fraction of sp³-hybridized carbons (Fsp3) is 0.636. The third-order valence-electron chi connectivity index (χ3n) is 6.78. The first-order chi connectivity index (χ1) is 11.5. The molecule has 0 aromatic heterocycles. The summed E-state index contributed by atoms with van der Waals surface area (Å²) in [6.07, 6.45) is 16.4. The molecule has 4 aliphatic rings. The SMILES string of the molecule is CC1CC=C2C3C=CC4=CC(=O)CCC4(C)C3CCC21.CCC=O. The lowest BCUT2D eigenvalue weighted by Gasteiger charge is -2.51. The Morgan fingerprint density at radius 2 is 2.08 bits per heavy atom. The Morgan fingerprint density at radius 3 is 2.79 bits per heavy atom. The summed E-state index contributed by atoms with van der Waals surface area (Å²) in [7, 11) is 0. The van der Waals surface area contributed by atoms with E-state index in [2.05, 4.69) is 32.1 Å². The van der Waals surface area contributed by atoms with E-state index >= 15 is 0 Å². The summed E-state index contributed by atoms with van der Waals surface area (Å²) in [5.41, 5.74) is 3.27. The van der Waals surface area contributed by atoms with E-state index in [0.717, 1.165) is 36.9 Å². The van der Waals surface area contributed by atoms with Crippen molar-refractivity contribution >= 4 is 12.1 Å². The van der Waals surface area contributed by atoms with Crippen molar-refractivity contribution in [2.24, 2.45) is 29.1 Å². The van der Waals surface area contributed by atoms with Gasteiger partial charge in [-0.2, -0.15) is 0 Å². The molecule has 1 fully saturated rings. The highest BCUT2D eigenvalue weighted by molar-refractivity contribution is 5.92. The number of allylic oxidation sites excluding steroid dienone is 6. The van der Waals surface area contributed by atoms with Crippen molar-refractivity contribution < 1.29 is 9.59 Å². The summed E-state index contributed by atoms with van der Waals surface area (Å²) >= 11 is 0. The molecule has 0 amide bonds. The number of carbonyl (C=O) groups is 2.